The molecule has 1 aromatic heterocycles. The van der Waals surface area contributed by atoms with E-state index in [1.54, 1.807) is 0 Å². The molecule has 2 N–H and O–H groups in total. The van der Waals surface area contributed by atoms with Crippen LogP contribution in [0.15, 0.2) is 27.6 Å². The van der Waals surface area contributed by atoms with Gasteiger partial charge in [-0.15, -0.1) is 11.8 Å². The normalized spacial score (nSPS) is 18.4. The first-order chi connectivity index (χ1) is 8.26. The van der Waals surface area contributed by atoms with E-state index in [0.717, 1.165) is 12.0 Å². The summed E-state index contributed by atoms with van der Waals surface area (Å²) in [6.07, 6.45) is 1.11. The van der Waals surface area contributed by atoms with E-state index in [9.17, 15) is 0 Å². The van der Waals surface area contributed by atoms with E-state index in [1.807, 2.05) is 17.8 Å². The minimum atomic E-state index is 0.283. The van der Waals surface area contributed by atoms with Crippen molar-refractivity contribution in [3.8, 4) is 11.4 Å². The molecule has 0 amide bonds. The number of benzene rings is 1. The van der Waals surface area contributed by atoms with Crippen LogP contribution >= 0.6 is 11.8 Å². The zero-order chi connectivity index (χ0) is 11.8. The van der Waals surface area contributed by atoms with Gasteiger partial charge in [-0.2, -0.15) is 4.98 Å². The summed E-state index contributed by atoms with van der Waals surface area (Å²) in [6, 6.07) is 6.32. The van der Waals surface area contributed by atoms with Gasteiger partial charge in [0.25, 0.3) is 0 Å². The zero-order valence-corrected chi connectivity index (χ0v) is 10.3. The number of thioether (sulfide) groups is 1. The number of rotatable bonds is 2. The fourth-order valence-corrected chi connectivity index (χ4v) is 3.15. The van der Waals surface area contributed by atoms with Crippen LogP contribution in [0, 0.1) is 0 Å². The molecule has 1 atom stereocenters. The molecule has 0 fully saturated rings. The van der Waals surface area contributed by atoms with Crippen molar-refractivity contribution in [1.82, 2.24) is 10.1 Å². The number of fused-ring (bicyclic) bond motifs is 1. The average Bonchev–Trinajstić information content (AvgIpc) is 2.92. The zero-order valence-electron chi connectivity index (χ0n) is 9.51. The molecule has 2 aromatic rings. The van der Waals surface area contributed by atoms with Gasteiger partial charge in [-0.3, -0.25) is 0 Å². The lowest BCUT2D eigenvalue weighted by molar-refractivity contribution is 0.380. The summed E-state index contributed by atoms with van der Waals surface area (Å²) in [6.45, 7) is 2.52. The molecule has 88 valence electrons. The Kier molecular flexibility index (Phi) is 2.64. The van der Waals surface area contributed by atoms with Crippen LogP contribution in [0.4, 0.5) is 0 Å². The Morgan fingerprint density at radius 3 is 3.18 bits per heavy atom. The molecular weight excluding hydrogens is 234 g/mol. The Hall–Kier alpha value is -1.33. The molecule has 17 heavy (non-hydrogen) atoms. The standard InChI is InChI=1S/C12H13N3OS/c1-7-4-9-5-8(2-3-10(9)17-7)12-14-11(6-13)16-15-12/h2-3,5,7H,4,6,13H2,1H3. The SMILES string of the molecule is CC1Cc2cc(-c3noc(CN)n3)ccc2S1. The van der Waals surface area contributed by atoms with E-state index >= 15 is 0 Å². The first-order valence-corrected chi connectivity index (χ1v) is 6.47. The molecule has 0 saturated carbocycles. The molecule has 3 rings (SSSR count). The Balaban J connectivity index is 1.97. The molecule has 0 radical (unpaired) electrons. The van der Waals surface area contributed by atoms with E-state index in [0.29, 0.717) is 17.0 Å². The number of hydrogen-bond acceptors (Lipinski definition) is 5. The number of nitrogens with zero attached hydrogens (tertiary/aromatic N) is 2. The van der Waals surface area contributed by atoms with Gasteiger partial charge in [-0.25, -0.2) is 0 Å². The molecule has 5 heteroatoms. The van der Waals surface area contributed by atoms with Crippen LogP contribution in [0.1, 0.15) is 18.4 Å². The van der Waals surface area contributed by atoms with Crippen molar-refractivity contribution in [2.75, 3.05) is 0 Å². The fraction of sp³-hybridized carbons (Fsp3) is 0.333. The maximum atomic E-state index is 5.45. The summed E-state index contributed by atoms with van der Waals surface area (Å²) in [5.41, 5.74) is 7.83. The molecule has 0 saturated heterocycles. The third-order valence-electron chi connectivity index (χ3n) is 2.80. The highest BCUT2D eigenvalue weighted by Crippen LogP contribution is 2.38. The predicted molar refractivity (Wildman–Crippen MR) is 66.6 cm³/mol. The summed E-state index contributed by atoms with van der Waals surface area (Å²) >= 11 is 1.92. The molecule has 0 aliphatic carbocycles. The molecule has 1 aliphatic heterocycles. The molecular formula is C12H13N3OS. The number of aromatic nitrogens is 2. The molecule has 4 nitrogen and oxygen atoms in total. The smallest absolute Gasteiger partial charge is 0.240 e. The van der Waals surface area contributed by atoms with Crippen molar-refractivity contribution < 1.29 is 4.52 Å². The van der Waals surface area contributed by atoms with Gasteiger partial charge in [-0.05, 0) is 30.2 Å². The van der Waals surface area contributed by atoms with Gasteiger partial charge in [0.15, 0.2) is 0 Å². The molecule has 1 unspecified atom stereocenters. The molecule has 0 bridgehead atoms. The van der Waals surface area contributed by atoms with E-state index in [4.69, 9.17) is 10.3 Å². The first kappa shape index (κ1) is 10.8. The van der Waals surface area contributed by atoms with Crippen LogP contribution in [0.2, 0.25) is 0 Å². The Morgan fingerprint density at radius 1 is 1.53 bits per heavy atom. The maximum absolute atomic E-state index is 5.45. The van der Waals surface area contributed by atoms with Crippen molar-refractivity contribution in [3.05, 3.63) is 29.7 Å². The Morgan fingerprint density at radius 2 is 2.41 bits per heavy atom. The Labute approximate surface area is 104 Å². The highest BCUT2D eigenvalue weighted by molar-refractivity contribution is 8.00. The first-order valence-electron chi connectivity index (χ1n) is 5.59. The van der Waals surface area contributed by atoms with E-state index in [1.165, 1.54) is 10.5 Å². The molecule has 2 heterocycles. The lowest BCUT2D eigenvalue weighted by Crippen LogP contribution is -1.95. The van der Waals surface area contributed by atoms with Crippen molar-refractivity contribution in [1.29, 1.82) is 0 Å². The summed E-state index contributed by atoms with van der Waals surface area (Å²) in [4.78, 5) is 5.60. The lowest BCUT2D eigenvalue weighted by Gasteiger charge is -1.99. The third kappa shape index (κ3) is 1.96. The van der Waals surface area contributed by atoms with Crippen molar-refractivity contribution in [2.24, 2.45) is 5.73 Å². The summed E-state index contributed by atoms with van der Waals surface area (Å²) < 4.78 is 5.02. The monoisotopic (exact) mass is 247 g/mol. The van der Waals surface area contributed by atoms with Crippen molar-refractivity contribution in [3.63, 3.8) is 0 Å². The summed E-state index contributed by atoms with van der Waals surface area (Å²) in [5, 5.41) is 4.59. The van der Waals surface area contributed by atoms with E-state index < -0.39 is 0 Å². The van der Waals surface area contributed by atoms with Gasteiger partial charge in [-0.1, -0.05) is 12.1 Å². The van der Waals surface area contributed by atoms with Crippen LogP contribution in [-0.2, 0) is 13.0 Å². The maximum Gasteiger partial charge on any atom is 0.240 e. The molecule has 1 aromatic carbocycles. The second-order valence-electron chi connectivity index (χ2n) is 4.17. The van der Waals surface area contributed by atoms with E-state index in [2.05, 4.69) is 29.2 Å². The minimum absolute atomic E-state index is 0.283. The van der Waals surface area contributed by atoms with Gasteiger partial charge < -0.3 is 10.3 Å². The quantitative estimate of drug-likeness (QED) is 0.881. The largest absolute Gasteiger partial charge is 0.338 e. The minimum Gasteiger partial charge on any atom is -0.338 e. The highest BCUT2D eigenvalue weighted by Gasteiger charge is 2.19. The number of nitrogens with two attached hydrogens (primary N) is 1. The third-order valence-corrected chi connectivity index (χ3v) is 4.02. The second-order valence-corrected chi connectivity index (χ2v) is 5.65. The fourth-order valence-electron chi connectivity index (χ4n) is 2.02. The summed E-state index contributed by atoms with van der Waals surface area (Å²) in [7, 11) is 0. The predicted octanol–water partition coefficient (Wildman–Crippen LogP) is 2.23. The van der Waals surface area contributed by atoms with Gasteiger partial charge in [0.1, 0.15) is 0 Å². The lowest BCUT2D eigenvalue weighted by atomic mass is 10.1. The summed E-state index contributed by atoms with van der Waals surface area (Å²) in [5.74, 6) is 1.10. The highest BCUT2D eigenvalue weighted by atomic mass is 32.2. The van der Waals surface area contributed by atoms with Crippen LogP contribution < -0.4 is 5.73 Å². The van der Waals surface area contributed by atoms with Gasteiger partial charge in [0.05, 0.1) is 6.54 Å². The Bertz CT molecular complexity index is 552. The van der Waals surface area contributed by atoms with Crippen LogP contribution in [0.3, 0.4) is 0 Å². The second kappa shape index (κ2) is 4.16. The average molecular weight is 247 g/mol. The van der Waals surface area contributed by atoms with Gasteiger partial charge in [0.2, 0.25) is 11.7 Å². The number of hydrogen-bond donors (Lipinski definition) is 1. The van der Waals surface area contributed by atoms with Gasteiger partial charge in [0, 0.05) is 15.7 Å². The van der Waals surface area contributed by atoms with Gasteiger partial charge >= 0.3 is 0 Å². The van der Waals surface area contributed by atoms with Crippen molar-refractivity contribution >= 4 is 11.8 Å². The topological polar surface area (TPSA) is 64.9 Å². The van der Waals surface area contributed by atoms with Crippen molar-refractivity contribution in [2.45, 2.75) is 30.0 Å². The molecule has 1 aliphatic rings. The van der Waals surface area contributed by atoms with E-state index in [-0.39, 0.29) is 6.54 Å². The van der Waals surface area contributed by atoms with Crippen LogP contribution in [0.5, 0.6) is 0 Å². The van der Waals surface area contributed by atoms with Crippen LogP contribution in [0.25, 0.3) is 11.4 Å². The van der Waals surface area contributed by atoms with Crippen LogP contribution in [-0.4, -0.2) is 15.4 Å². The molecule has 0 spiro atoms.